The van der Waals surface area contributed by atoms with Gasteiger partial charge in [-0.3, -0.25) is 0 Å². The molecule has 0 bridgehead atoms. The van der Waals surface area contributed by atoms with Crippen LogP contribution in [-0.2, 0) is 9.84 Å². The molecular formula is C16H21NO3S. The minimum Gasteiger partial charge on any atom is -0.387 e. The van der Waals surface area contributed by atoms with Crippen LogP contribution in [0.5, 0.6) is 0 Å². The maximum Gasteiger partial charge on any atom is 0.147 e. The molecule has 0 aliphatic rings. The Labute approximate surface area is 125 Å². The van der Waals surface area contributed by atoms with Gasteiger partial charge < -0.3 is 10.4 Å². The fourth-order valence-electron chi connectivity index (χ4n) is 2.23. The molecule has 0 aliphatic carbocycles. The fraction of sp³-hybridized carbons (Fsp3) is 0.375. The van der Waals surface area contributed by atoms with E-state index in [-0.39, 0.29) is 5.75 Å². The molecule has 0 radical (unpaired) electrons. The molecule has 5 heteroatoms. The number of fused-ring (bicyclic) bond motifs is 1. The van der Waals surface area contributed by atoms with E-state index in [0.717, 1.165) is 16.3 Å². The van der Waals surface area contributed by atoms with Crippen LogP contribution in [0.25, 0.3) is 10.8 Å². The molecule has 0 aromatic heterocycles. The van der Waals surface area contributed by atoms with E-state index in [0.29, 0.717) is 19.5 Å². The van der Waals surface area contributed by atoms with E-state index in [1.54, 1.807) is 0 Å². The summed E-state index contributed by atoms with van der Waals surface area (Å²) in [5.41, 5.74) is 0.865. The first-order valence-electron chi connectivity index (χ1n) is 7.01. The Morgan fingerprint density at radius 3 is 2.57 bits per heavy atom. The van der Waals surface area contributed by atoms with Gasteiger partial charge in [-0.1, -0.05) is 36.4 Å². The lowest BCUT2D eigenvalue weighted by Crippen LogP contribution is -2.24. The topological polar surface area (TPSA) is 66.4 Å². The molecule has 0 heterocycles. The SMILES string of the molecule is CS(=O)(=O)CCCNCC(O)c1ccc2ccccc2c1. The van der Waals surface area contributed by atoms with Crippen LogP contribution in [0.1, 0.15) is 18.1 Å². The Bertz CT molecular complexity index is 697. The Morgan fingerprint density at radius 1 is 1.14 bits per heavy atom. The zero-order valence-electron chi connectivity index (χ0n) is 12.1. The van der Waals surface area contributed by atoms with Gasteiger partial charge >= 0.3 is 0 Å². The second kappa shape index (κ2) is 7.02. The van der Waals surface area contributed by atoms with Gasteiger partial charge in [-0.2, -0.15) is 0 Å². The van der Waals surface area contributed by atoms with Crippen molar-refractivity contribution in [3.8, 4) is 0 Å². The van der Waals surface area contributed by atoms with Crippen molar-refractivity contribution < 1.29 is 13.5 Å². The van der Waals surface area contributed by atoms with Crippen LogP contribution < -0.4 is 5.32 Å². The van der Waals surface area contributed by atoms with E-state index >= 15 is 0 Å². The highest BCUT2D eigenvalue weighted by molar-refractivity contribution is 7.90. The molecule has 1 unspecified atom stereocenters. The predicted octanol–water partition coefficient (Wildman–Crippen LogP) is 1.90. The molecule has 114 valence electrons. The first-order chi connectivity index (χ1) is 9.96. The average molecular weight is 307 g/mol. The van der Waals surface area contributed by atoms with E-state index in [9.17, 15) is 13.5 Å². The first-order valence-corrected chi connectivity index (χ1v) is 9.07. The second-order valence-electron chi connectivity index (χ2n) is 5.31. The molecule has 21 heavy (non-hydrogen) atoms. The number of nitrogens with one attached hydrogen (secondary N) is 1. The van der Waals surface area contributed by atoms with Crippen molar-refractivity contribution in [2.75, 3.05) is 25.1 Å². The van der Waals surface area contributed by atoms with Crippen LogP contribution in [0, 0.1) is 0 Å². The summed E-state index contributed by atoms with van der Waals surface area (Å²) in [7, 11) is -2.90. The Kier molecular flexibility index (Phi) is 5.33. The lowest BCUT2D eigenvalue weighted by atomic mass is 10.0. The molecule has 0 spiro atoms. The molecule has 2 aromatic carbocycles. The van der Waals surface area contributed by atoms with Gasteiger partial charge in [0, 0.05) is 12.8 Å². The standard InChI is InChI=1S/C16H21NO3S/c1-21(19,20)10-4-9-17-12-16(18)15-8-7-13-5-2-3-6-14(13)11-15/h2-3,5-8,11,16-18H,4,9-10,12H2,1H3. The smallest absolute Gasteiger partial charge is 0.147 e. The van der Waals surface area contributed by atoms with Crippen molar-refractivity contribution in [3.63, 3.8) is 0 Å². The van der Waals surface area contributed by atoms with Crippen molar-refractivity contribution >= 4 is 20.6 Å². The van der Waals surface area contributed by atoms with Crippen LogP contribution in [0.3, 0.4) is 0 Å². The zero-order chi connectivity index (χ0) is 15.3. The Hall–Kier alpha value is -1.43. The molecular weight excluding hydrogens is 286 g/mol. The van der Waals surface area contributed by atoms with E-state index < -0.39 is 15.9 Å². The first kappa shape index (κ1) is 15.9. The largest absolute Gasteiger partial charge is 0.387 e. The summed E-state index contributed by atoms with van der Waals surface area (Å²) in [5.74, 6) is 0.173. The molecule has 2 rings (SSSR count). The van der Waals surface area contributed by atoms with Crippen molar-refractivity contribution in [1.82, 2.24) is 5.32 Å². The van der Waals surface area contributed by atoms with Gasteiger partial charge in [-0.25, -0.2) is 8.42 Å². The number of aliphatic hydroxyl groups excluding tert-OH is 1. The van der Waals surface area contributed by atoms with Crippen molar-refractivity contribution in [3.05, 3.63) is 48.0 Å². The number of aliphatic hydroxyl groups is 1. The second-order valence-corrected chi connectivity index (χ2v) is 7.57. The quantitative estimate of drug-likeness (QED) is 0.767. The van der Waals surface area contributed by atoms with Crippen LogP contribution in [-0.4, -0.2) is 38.6 Å². The number of hydrogen-bond donors (Lipinski definition) is 2. The highest BCUT2D eigenvalue weighted by Gasteiger charge is 2.08. The summed E-state index contributed by atoms with van der Waals surface area (Å²) in [6.07, 6.45) is 1.20. The summed E-state index contributed by atoms with van der Waals surface area (Å²) in [4.78, 5) is 0. The van der Waals surface area contributed by atoms with Crippen LogP contribution >= 0.6 is 0 Å². The van der Waals surface area contributed by atoms with Gasteiger partial charge in [0.25, 0.3) is 0 Å². The van der Waals surface area contributed by atoms with Gasteiger partial charge in [0.05, 0.1) is 11.9 Å². The minimum absolute atomic E-state index is 0.173. The molecule has 0 amide bonds. The zero-order valence-corrected chi connectivity index (χ0v) is 12.9. The minimum atomic E-state index is -2.90. The molecule has 2 aromatic rings. The van der Waals surface area contributed by atoms with Crippen LogP contribution in [0.2, 0.25) is 0 Å². The third-order valence-corrected chi connectivity index (χ3v) is 4.39. The van der Waals surface area contributed by atoms with Crippen molar-refractivity contribution in [1.29, 1.82) is 0 Å². The molecule has 0 saturated carbocycles. The normalized spacial score (nSPS) is 13.4. The van der Waals surface area contributed by atoms with Crippen LogP contribution in [0.15, 0.2) is 42.5 Å². The van der Waals surface area contributed by atoms with Crippen LogP contribution in [0.4, 0.5) is 0 Å². The molecule has 0 fully saturated rings. The van der Waals surface area contributed by atoms with E-state index in [1.807, 2.05) is 42.5 Å². The maximum atomic E-state index is 11.0. The Morgan fingerprint density at radius 2 is 1.86 bits per heavy atom. The van der Waals surface area contributed by atoms with E-state index in [4.69, 9.17) is 0 Å². The summed E-state index contributed by atoms with van der Waals surface area (Å²) >= 11 is 0. The third-order valence-electron chi connectivity index (χ3n) is 3.36. The van der Waals surface area contributed by atoms with Gasteiger partial charge in [0.2, 0.25) is 0 Å². The monoisotopic (exact) mass is 307 g/mol. The molecule has 0 aliphatic heterocycles. The van der Waals surface area contributed by atoms with E-state index in [2.05, 4.69) is 5.32 Å². The summed E-state index contributed by atoms with van der Waals surface area (Å²) in [6, 6.07) is 13.9. The van der Waals surface area contributed by atoms with Gasteiger partial charge in [0.1, 0.15) is 9.84 Å². The Balaban J connectivity index is 1.86. The molecule has 2 N–H and O–H groups in total. The summed E-state index contributed by atoms with van der Waals surface area (Å²) in [5, 5.41) is 15.5. The van der Waals surface area contributed by atoms with E-state index in [1.165, 1.54) is 6.26 Å². The number of hydrogen-bond acceptors (Lipinski definition) is 4. The molecule has 0 saturated heterocycles. The lowest BCUT2D eigenvalue weighted by molar-refractivity contribution is 0.175. The van der Waals surface area contributed by atoms with Gasteiger partial charge in [-0.05, 0) is 35.4 Å². The van der Waals surface area contributed by atoms with Gasteiger partial charge in [0.15, 0.2) is 0 Å². The number of rotatable bonds is 7. The van der Waals surface area contributed by atoms with Crippen molar-refractivity contribution in [2.45, 2.75) is 12.5 Å². The summed E-state index contributed by atoms with van der Waals surface area (Å²) < 4.78 is 22.0. The average Bonchev–Trinajstić information content (AvgIpc) is 2.45. The lowest BCUT2D eigenvalue weighted by Gasteiger charge is -2.13. The number of benzene rings is 2. The number of sulfone groups is 1. The van der Waals surface area contributed by atoms with Crippen molar-refractivity contribution in [2.24, 2.45) is 0 Å². The highest BCUT2D eigenvalue weighted by atomic mass is 32.2. The third kappa shape index (κ3) is 5.12. The predicted molar refractivity (Wildman–Crippen MR) is 86.1 cm³/mol. The maximum absolute atomic E-state index is 11.0. The highest BCUT2D eigenvalue weighted by Crippen LogP contribution is 2.19. The summed E-state index contributed by atoms with van der Waals surface area (Å²) in [6.45, 7) is 1.000. The molecule has 4 nitrogen and oxygen atoms in total. The molecule has 1 atom stereocenters. The van der Waals surface area contributed by atoms with Gasteiger partial charge in [-0.15, -0.1) is 0 Å². The fourth-order valence-corrected chi connectivity index (χ4v) is 2.90.